The first kappa shape index (κ1) is 25.1. The molecule has 33 heavy (non-hydrogen) atoms. The topological polar surface area (TPSA) is 36.0 Å². The molecule has 1 saturated heterocycles. The van der Waals surface area contributed by atoms with Gasteiger partial charge < -0.3 is 14.5 Å². The van der Waals surface area contributed by atoms with Gasteiger partial charge in [-0.05, 0) is 61.9 Å². The van der Waals surface area contributed by atoms with Crippen LogP contribution >= 0.6 is 0 Å². The minimum Gasteiger partial charge on any atom is -0.444 e. The molecular weight excluding hydrogens is 410 g/mol. The summed E-state index contributed by atoms with van der Waals surface area (Å²) in [7, 11) is 2.16. The number of carbonyl (C=O) groups is 1. The molecule has 2 aromatic rings. The Labute approximate surface area is 200 Å². The molecule has 2 aromatic carbocycles. The lowest BCUT2D eigenvalue weighted by molar-refractivity contribution is 0.0139. The van der Waals surface area contributed by atoms with E-state index in [0.717, 1.165) is 45.7 Å². The highest BCUT2D eigenvalue weighted by Crippen LogP contribution is 2.20. The molecule has 5 nitrogen and oxygen atoms in total. The van der Waals surface area contributed by atoms with Crippen molar-refractivity contribution in [3.05, 3.63) is 65.2 Å². The molecule has 1 fully saturated rings. The van der Waals surface area contributed by atoms with Crippen LogP contribution < -0.4 is 4.90 Å². The number of amides is 1. The van der Waals surface area contributed by atoms with Crippen molar-refractivity contribution < 1.29 is 9.53 Å². The summed E-state index contributed by atoms with van der Waals surface area (Å²) in [5, 5.41) is 0. The van der Waals surface area contributed by atoms with Gasteiger partial charge in [-0.15, -0.1) is 0 Å². The number of carbonyl (C=O) groups excluding carboxylic acids is 1. The zero-order valence-corrected chi connectivity index (χ0v) is 21.3. The maximum absolute atomic E-state index is 12.2. The number of piperazine rings is 1. The summed E-state index contributed by atoms with van der Waals surface area (Å²) in [6, 6.07) is 17.9. The van der Waals surface area contributed by atoms with Crippen LogP contribution in [0.4, 0.5) is 10.5 Å². The van der Waals surface area contributed by atoms with E-state index >= 15 is 0 Å². The minimum atomic E-state index is -0.441. The van der Waals surface area contributed by atoms with Crippen molar-refractivity contribution in [1.82, 2.24) is 9.80 Å². The highest BCUT2D eigenvalue weighted by molar-refractivity contribution is 5.68. The second kappa shape index (κ2) is 11.1. The van der Waals surface area contributed by atoms with Crippen molar-refractivity contribution in [3.8, 4) is 0 Å². The van der Waals surface area contributed by atoms with Gasteiger partial charge in [0.1, 0.15) is 5.60 Å². The number of likely N-dealkylation sites (N-methyl/N-ethyl adjacent to an activating group) is 1. The van der Waals surface area contributed by atoms with Crippen molar-refractivity contribution in [2.24, 2.45) is 0 Å². The third kappa shape index (κ3) is 7.78. The molecule has 0 aromatic heterocycles. The molecule has 1 amide bonds. The van der Waals surface area contributed by atoms with Crippen LogP contribution in [0.1, 0.15) is 57.2 Å². The summed E-state index contributed by atoms with van der Waals surface area (Å²) in [6.45, 7) is 15.3. The summed E-state index contributed by atoms with van der Waals surface area (Å²) >= 11 is 0. The molecule has 1 aliphatic heterocycles. The number of rotatable bonds is 7. The normalized spacial score (nSPS) is 15.1. The smallest absolute Gasteiger partial charge is 0.410 e. The molecule has 0 atom stereocenters. The van der Waals surface area contributed by atoms with E-state index in [9.17, 15) is 4.79 Å². The van der Waals surface area contributed by atoms with Gasteiger partial charge in [-0.25, -0.2) is 4.79 Å². The summed E-state index contributed by atoms with van der Waals surface area (Å²) in [5.74, 6) is 0.566. The number of anilines is 1. The van der Waals surface area contributed by atoms with Crippen LogP contribution in [0.25, 0.3) is 0 Å². The molecule has 1 heterocycles. The Hall–Kier alpha value is -2.53. The van der Waals surface area contributed by atoms with Gasteiger partial charge in [0.2, 0.25) is 0 Å². The number of hydrogen-bond donors (Lipinski definition) is 0. The summed E-state index contributed by atoms with van der Waals surface area (Å²) < 4.78 is 5.49. The second-order valence-electron chi connectivity index (χ2n) is 10.5. The predicted octanol–water partition coefficient (Wildman–Crippen LogP) is 5.54. The second-order valence-corrected chi connectivity index (χ2v) is 10.5. The first-order chi connectivity index (χ1) is 15.6. The number of ether oxygens (including phenoxy) is 1. The van der Waals surface area contributed by atoms with Crippen LogP contribution in [0.2, 0.25) is 0 Å². The molecule has 0 radical (unpaired) electrons. The van der Waals surface area contributed by atoms with Crippen molar-refractivity contribution in [2.75, 3.05) is 44.7 Å². The van der Waals surface area contributed by atoms with Gasteiger partial charge in [0.05, 0.1) is 0 Å². The Kier molecular flexibility index (Phi) is 8.41. The first-order valence-electron chi connectivity index (χ1n) is 12.2. The third-order valence-electron chi connectivity index (χ3n) is 6.19. The maximum atomic E-state index is 12.2. The van der Waals surface area contributed by atoms with Crippen LogP contribution in [0, 0.1) is 0 Å². The third-order valence-corrected chi connectivity index (χ3v) is 6.19. The van der Waals surface area contributed by atoms with E-state index < -0.39 is 5.60 Å². The minimum absolute atomic E-state index is 0.202. The predicted molar refractivity (Wildman–Crippen MR) is 137 cm³/mol. The fourth-order valence-corrected chi connectivity index (χ4v) is 4.02. The molecule has 3 rings (SSSR count). The highest BCUT2D eigenvalue weighted by Gasteiger charge is 2.25. The summed E-state index contributed by atoms with van der Waals surface area (Å²) in [6.07, 6.45) is 0.824. The van der Waals surface area contributed by atoms with E-state index in [1.807, 2.05) is 25.7 Å². The van der Waals surface area contributed by atoms with Gasteiger partial charge in [0.25, 0.3) is 0 Å². The van der Waals surface area contributed by atoms with Crippen molar-refractivity contribution in [2.45, 2.75) is 59.1 Å². The molecule has 180 valence electrons. The van der Waals surface area contributed by atoms with Gasteiger partial charge in [0, 0.05) is 52.0 Å². The van der Waals surface area contributed by atoms with E-state index in [2.05, 4.69) is 79.2 Å². The molecule has 0 N–H and O–H groups in total. The van der Waals surface area contributed by atoms with Gasteiger partial charge in [-0.2, -0.15) is 0 Å². The van der Waals surface area contributed by atoms with E-state index in [1.54, 1.807) is 0 Å². The van der Waals surface area contributed by atoms with Crippen molar-refractivity contribution in [1.29, 1.82) is 0 Å². The average Bonchev–Trinajstić information content (AvgIpc) is 2.78. The zero-order valence-electron chi connectivity index (χ0n) is 21.3. The van der Waals surface area contributed by atoms with Gasteiger partial charge in [-0.3, -0.25) is 4.90 Å². The molecule has 1 aliphatic rings. The Bertz CT molecular complexity index is 877. The van der Waals surface area contributed by atoms with Gasteiger partial charge in [0.15, 0.2) is 0 Å². The van der Waals surface area contributed by atoms with E-state index in [-0.39, 0.29) is 6.09 Å². The lowest BCUT2D eigenvalue weighted by Gasteiger charge is -2.35. The average molecular weight is 452 g/mol. The van der Waals surface area contributed by atoms with Crippen LogP contribution in [0.5, 0.6) is 0 Å². The standard InChI is InChI=1S/C28H41N3O2/c1-22(2)25-11-13-26(14-12-25)29(6)16-15-23-7-9-24(10-8-23)21-30-17-19-31(20-18-30)27(32)33-28(3,4)5/h7-14,22H,15-21H2,1-6H3. The molecule has 0 unspecified atom stereocenters. The number of hydrogen-bond acceptors (Lipinski definition) is 4. The molecular formula is C28H41N3O2. The summed E-state index contributed by atoms with van der Waals surface area (Å²) in [4.78, 5) is 18.8. The maximum Gasteiger partial charge on any atom is 0.410 e. The van der Waals surface area contributed by atoms with E-state index in [4.69, 9.17) is 4.74 Å². The molecule has 0 spiro atoms. The molecule has 0 aliphatic carbocycles. The molecule has 5 heteroatoms. The van der Waals surface area contributed by atoms with Crippen LogP contribution in [-0.4, -0.2) is 61.3 Å². The SMILES string of the molecule is CC(C)c1ccc(N(C)CCc2ccc(CN3CCN(C(=O)OC(C)(C)C)CC3)cc2)cc1. The Balaban J connectivity index is 1.43. The molecule has 0 saturated carbocycles. The van der Waals surface area contributed by atoms with Crippen LogP contribution in [0.3, 0.4) is 0 Å². The largest absolute Gasteiger partial charge is 0.444 e. The molecule has 0 bridgehead atoms. The van der Waals surface area contributed by atoms with Crippen molar-refractivity contribution in [3.63, 3.8) is 0 Å². The highest BCUT2D eigenvalue weighted by atomic mass is 16.6. The van der Waals surface area contributed by atoms with E-state index in [0.29, 0.717) is 5.92 Å². The zero-order chi connectivity index (χ0) is 24.0. The Morgan fingerprint density at radius 1 is 0.939 bits per heavy atom. The van der Waals surface area contributed by atoms with Crippen molar-refractivity contribution >= 4 is 11.8 Å². The lowest BCUT2D eigenvalue weighted by Crippen LogP contribution is -2.49. The number of benzene rings is 2. The van der Waals surface area contributed by atoms with Crippen LogP contribution in [-0.2, 0) is 17.7 Å². The first-order valence-corrected chi connectivity index (χ1v) is 12.2. The fraction of sp³-hybridized carbons (Fsp3) is 0.536. The monoisotopic (exact) mass is 451 g/mol. The van der Waals surface area contributed by atoms with Gasteiger partial charge in [-0.1, -0.05) is 50.2 Å². The number of nitrogens with zero attached hydrogens (tertiary/aromatic N) is 3. The quantitative estimate of drug-likeness (QED) is 0.554. The van der Waals surface area contributed by atoms with Crippen LogP contribution in [0.15, 0.2) is 48.5 Å². The van der Waals surface area contributed by atoms with E-state index in [1.165, 1.54) is 22.4 Å². The lowest BCUT2D eigenvalue weighted by atomic mass is 10.0. The fourth-order valence-electron chi connectivity index (χ4n) is 4.02. The Morgan fingerprint density at radius 3 is 2.06 bits per heavy atom. The summed E-state index contributed by atoms with van der Waals surface area (Å²) in [5.41, 5.74) is 4.89. The van der Waals surface area contributed by atoms with Gasteiger partial charge >= 0.3 is 6.09 Å². The Morgan fingerprint density at radius 2 is 1.52 bits per heavy atom.